The van der Waals surface area contributed by atoms with E-state index in [1.807, 2.05) is 36.7 Å². The Labute approximate surface area is 214 Å². The Morgan fingerprint density at radius 2 is 1.17 bits per heavy atom. The summed E-state index contributed by atoms with van der Waals surface area (Å²) in [6.45, 7) is 0. The molecule has 2 aliphatic rings. The maximum absolute atomic E-state index is 6.18. The SMILES string of the molecule is Brc1cc(Br)c2c(c1)C=NC1CCCCC1N=Cc1cc(Br)cc(Br)c1[O][Sn][O]2. The van der Waals surface area contributed by atoms with Crippen LogP contribution in [0.3, 0.4) is 0 Å². The van der Waals surface area contributed by atoms with Crippen LogP contribution in [0.1, 0.15) is 36.8 Å². The van der Waals surface area contributed by atoms with Gasteiger partial charge in [0.05, 0.1) is 0 Å². The van der Waals surface area contributed by atoms with Crippen molar-refractivity contribution in [3.63, 3.8) is 0 Å². The quantitative estimate of drug-likeness (QED) is 0.275. The summed E-state index contributed by atoms with van der Waals surface area (Å²) in [5.74, 6) is 1.57. The van der Waals surface area contributed by atoms with Gasteiger partial charge in [0.15, 0.2) is 0 Å². The zero-order chi connectivity index (χ0) is 20.4. The van der Waals surface area contributed by atoms with Gasteiger partial charge in [-0.3, -0.25) is 0 Å². The van der Waals surface area contributed by atoms with E-state index in [4.69, 9.17) is 16.1 Å². The molecule has 1 aliphatic carbocycles. The zero-order valence-corrected chi connectivity index (χ0v) is 24.4. The maximum atomic E-state index is 6.18. The first-order valence-electron chi connectivity index (χ1n) is 9.14. The molecule has 0 spiro atoms. The molecule has 1 fully saturated rings. The predicted octanol–water partition coefficient (Wildman–Crippen LogP) is 6.89. The minimum absolute atomic E-state index is 0.173. The predicted molar refractivity (Wildman–Crippen MR) is 132 cm³/mol. The monoisotopic (exact) mass is 752 g/mol. The van der Waals surface area contributed by atoms with Gasteiger partial charge in [0, 0.05) is 0 Å². The van der Waals surface area contributed by atoms with E-state index >= 15 is 0 Å². The van der Waals surface area contributed by atoms with Crippen molar-refractivity contribution in [2.24, 2.45) is 9.98 Å². The van der Waals surface area contributed by atoms with Crippen LogP contribution in [0.25, 0.3) is 0 Å². The topological polar surface area (TPSA) is 43.2 Å². The first kappa shape index (κ1) is 22.3. The van der Waals surface area contributed by atoms with Crippen molar-refractivity contribution in [3.05, 3.63) is 53.3 Å². The van der Waals surface area contributed by atoms with Gasteiger partial charge in [-0.05, 0) is 0 Å². The van der Waals surface area contributed by atoms with E-state index in [2.05, 4.69) is 63.7 Å². The van der Waals surface area contributed by atoms with E-state index in [0.717, 1.165) is 53.4 Å². The summed E-state index contributed by atoms with van der Waals surface area (Å²) in [6.07, 6.45) is 8.33. The van der Waals surface area contributed by atoms with Crippen LogP contribution in [-0.2, 0) is 0 Å². The van der Waals surface area contributed by atoms with E-state index in [-0.39, 0.29) is 12.1 Å². The Morgan fingerprint density at radius 3 is 1.62 bits per heavy atom. The number of hydrogen-bond acceptors (Lipinski definition) is 4. The minimum atomic E-state index is -1.66. The van der Waals surface area contributed by atoms with Gasteiger partial charge in [-0.15, -0.1) is 0 Å². The molecule has 150 valence electrons. The van der Waals surface area contributed by atoms with Gasteiger partial charge < -0.3 is 0 Å². The number of rotatable bonds is 0. The van der Waals surface area contributed by atoms with Crippen molar-refractivity contribution in [3.8, 4) is 11.5 Å². The fraction of sp³-hybridized carbons (Fsp3) is 0.300. The molecule has 2 atom stereocenters. The molecule has 9 heteroatoms. The van der Waals surface area contributed by atoms with Crippen LogP contribution >= 0.6 is 63.7 Å². The van der Waals surface area contributed by atoms with Gasteiger partial charge in [-0.1, -0.05) is 0 Å². The van der Waals surface area contributed by atoms with E-state index in [0.29, 0.717) is 0 Å². The van der Waals surface area contributed by atoms with E-state index in [1.54, 1.807) is 0 Å². The summed E-state index contributed by atoms with van der Waals surface area (Å²) < 4.78 is 16.1. The third-order valence-electron chi connectivity index (χ3n) is 4.87. The van der Waals surface area contributed by atoms with Crippen LogP contribution in [0.15, 0.2) is 52.1 Å². The summed E-state index contributed by atoms with van der Waals surface area (Å²) in [4.78, 5) is 9.85. The molecule has 2 radical (unpaired) electrons. The van der Waals surface area contributed by atoms with Crippen LogP contribution < -0.4 is 6.15 Å². The number of aliphatic imine (C=N–C) groups is 2. The molecular formula is C20H16Br4N2O2Sn. The van der Waals surface area contributed by atoms with Crippen molar-refractivity contribution in [1.82, 2.24) is 0 Å². The first-order chi connectivity index (χ1) is 14.0. The Morgan fingerprint density at radius 1 is 0.724 bits per heavy atom. The summed E-state index contributed by atoms with van der Waals surface area (Å²) in [5.41, 5.74) is 1.89. The van der Waals surface area contributed by atoms with Crippen molar-refractivity contribution in [1.29, 1.82) is 0 Å². The number of halogens is 4. The molecule has 0 saturated heterocycles. The van der Waals surface area contributed by atoms with Gasteiger partial charge in [-0.2, -0.15) is 0 Å². The van der Waals surface area contributed by atoms with Gasteiger partial charge in [0.1, 0.15) is 0 Å². The third kappa shape index (κ3) is 5.48. The van der Waals surface area contributed by atoms with Crippen molar-refractivity contribution in [2.45, 2.75) is 37.8 Å². The summed E-state index contributed by atoms with van der Waals surface area (Å²) in [6, 6.07) is 8.38. The van der Waals surface area contributed by atoms with E-state index in [9.17, 15) is 0 Å². The average Bonchev–Trinajstić information content (AvgIpc) is 2.69. The zero-order valence-electron chi connectivity index (χ0n) is 15.2. The van der Waals surface area contributed by atoms with Crippen LogP contribution in [0, 0.1) is 0 Å². The second-order valence-electron chi connectivity index (χ2n) is 6.87. The second-order valence-corrected chi connectivity index (χ2v) is 12.1. The molecule has 0 aromatic heterocycles. The Kier molecular flexibility index (Phi) is 7.80. The standard InChI is InChI=1S/C20H18Br4N2O2.Sn/c21-13-5-11(19(27)15(23)7-13)9-25-17-3-1-2-4-18(17)26-10-12-6-14(22)8-16(24)20(12)28;/h5-10,17-18,27-28H,1-4H2;/q;+2/p-2. The molecule has 2 aromatic rings. The molecule has 4 nitrogen and oxygen atoms in total. The van der Waals surface area contributed by atoms with E-state index in [1.165, 1.54) is 12.8 Å². The van der Waals surface area contributed by atoms with Crippen LogP contribution in [0.5, 0.6) is 11.5 Å². The van der Waals surface area contributed by atoms with Crippen molar-refractivity contribution in [2.75, 3.05) is 0 Å². The molecule has 0 bridgehead atoms. The summed E-state index contributed by atoms with van der Waals surface area (Å²) in [5, 5.41) is 0. The fourth-order valence-electron chi connectivity index (χ4n) is 3.46. The number of hydrogen-bond donors (Lipinski definition) is 0. The molecule has 2 aromatic carbocycles. The van der Waals surface area contributed by atoms with Crippen LogP contribution in [0.4, 0.5) is 0 Å². The van der Waals surface area contributed by atoms with Gasteiger partial charge in [0.25, 0.3) is 0 Å². The molecule has 29 heavy (non-hydrogen) atoms. The molecule has 0 N–H and O–H groups in total. The van der Waals surface area contributed by atoms with Gasteiger partial charge in [0.2, 0.25) is 0 Å². The molecule has 1 aliphatic heterocycles. The van der Waals surface area contributed by atoms with Gasteiger partial charge >= 0.3 is 217 Å². The Balaban J connectivity index is 1.79. The number of benzene rings is 2. The molecule has 1 saturated carbocycles. The molecule has 2 unspecified atom stereocenters. The normalized spacial score (nSPS) is 21.4. The van der Waals surface area contributed by atoms with Crippen LogP contribution in [-0.4, -0.2) is 46.5 Å². The fourth-order valence-corrected chi connectivity index (χ4v) is 8.89. The third-order valence-corrected chi connectivity index (χ3v) is 8.60. The molecule has 0 amide bonds. The van der Waals surface area contributed by atoms with Crippen LogP contribution in [0.2, 0.25) is 0 Å². The Hall–Kier alpha value is 0.0987. The molecule has 1 heterocycles. The van der Waals surface area contributed by atoms with Crippen molar-refractivity contribution < 1.29 is 6.15 Å². The first-order valence-corrected chi connectivity index (χ1v) is 14.6. The van der Waals surface area contributed by atoms with Gasteiger partial charge in [-0.25, -0.2) is 0 Å². The summed E-state index contributed by atoms with van der Waals surface area (Å²) >= 11 is 12.7. The Bertz CT molecular complexity index is 906. The van der Waals surface area contributed by atoms with E-state index < -0.39 is 22.0 Å². The van der Waals surface area contributed by atoms with Crippen molar-refractivity contribution >= 4 is 98.1 Å². The second kappa shape index (κ2) is 10.1. The molecular weight excluding hydrogens is 739 g/mol. The number of fused-ring (bicyclic) bond motifs is 3. The molecule has 4 rings (SSSR count). The summed E-state index contributed by atoms with van der Waals surface area (Å²) in [7, 11) is 0. The average molecular weight is 755 g/mol. The number of nitrogens with zero attached hydrogens (tertiary/aromatic N) is 2.